The number of methoxy groups -OCH3 is 2. The zero-order valence-corrected chi connectivity index (χ0v) is 14.9. The van der Waals surface area contributed by atoms with Crippen LogP contribution >= 0.6 is 0 Å². The van der Waals surface area contributed by atoms with Gasteiger partial charge in [0.05, 0.1) is 19.1 Å². The fourth-order valence-electron chi connectivity index (χ4n) is 3.05. The van der Waals surface area contributed by atoms with E-state index in [1.54, 1.807) is 20.3 Å². The molecule has 0 spiro atoms. The average molecular weight is 358 g/mol. The van der Waals surface area contributed by atoms with Gasteiger partial charge in [-0.05, 0) is 24.3 Å². The average Bonchev–Trinajstić information content (AvgIpc) is 2.68. The van der Waals surface area contributed by atoms with Crippen molar-refractivity contribution < 1.29 is 14.4 Å². The zero-order chi connectivity index (χ0) is 18.5. The summed E-state index contributed by atoms with van der Waals surface area (Å²) < 4.78 is 10.8. The second-order valence-corrected chi connectivity index (χ2v) is 6.07. The molecule has 1 saturated heterocycles. The molecule has 0 unspecified atom stereocenters. The van der Waals surface area contributed by atoms with E-state index in [0.29, 0.717) is 0 Å². The molecule has 0 N–H and O–H groups in total. The first-order valence-corrected chi connectivity index (χ1v) is 8.39. The van der Waals surface area contributed by atoms with Gasteiger partial charge in [-0.15, -0.1) is 0 Å². The van der Waals surface area contributed by atoms with Crippen LogP contribution in [0.1, 0.15) is 5.56 Å². The first kappa shape index (κ1) is 17.9. The molecule has 0 saturated carbocycles. The molecule has 138 valence electrons. The Bertz CT molecular complexity index is 758. The van der Waals surface area contributed by atoms with Crippen LogP contribution < -0.4 is 14.4 Å². The number of ether oxygens (including phenoxy) is 2. The van der Waals surface area contributed by atoms with Crippen LogP contribution in [0, 0.1) is 10.1 Å². The van der Waals surface area contributed by atoms with E-state index in [0.717, 1.165) is 55.6 Å². The van der Waals surface area contributed by atoms with E-state index in [4.69, 9.17) is 9.47 Å². The zero-order valence-electron chi connectivity index (χ0n) is 14.9. The van der Waals surface area contributed by atoms with Crippen LogP contribution in [0.5, 0.6) is 11.5 Å². The maximum atomic E-state index is 10.7. The van der Waals surface area contributed by atoms with Gasteiger partial charge in [0.15, 0.2) is 0 Å². The van der Waals surface area contributed by atoms with Crippen molar-refractivity contribution in [2.75, 3.05) is 45.3 Å². The van der Waals surface area contributed by atoms with Crippen LogP contribution in [0.25, 0.3) is 0 Å². The Kier molecular flexibility index (Phi) is 5.52. The Morgan fingerprint density at radius 2 is 1.88 bits per heavy atom. The highest BCUT2D eigenvalue weighted by Gasteiger charge is 2.20. The largest absolute Gasteiger partial charge is 0.497 e. The van der Waals surface area contributed by atoms with E-state index in [1.165, 1.54) is 12.3 Å². The number of nitro groups is 1. The Balaban J connectivity index is 1.61. The highest BCUT2D eigenvalue weighted by Crippen LogP contribution is 2.26. The third kappa shape index (κ3) is 4.02. The molecule has 1 aliphatic rings. The molecule has 8 nitrogen and oxygen atoms in total. The monoisotopic (exact) mass is 358 g/mol. The number of aromatic nitrogens is 1. The van der Waals surface area contributed by atoms with E-state index in [-0.39, 0.29) is 5.69 Å². The lowest BCUT2D eigenvalue weighted by Crippen LogP contribution is -2.46. The minimum Gasteiger partial charge on any atom is -0.497 e. The number of pyridine rings is 1. The SMILES string of the molecule is COc1ccc(OC)c(CN2CCN(c3ccc([N+](=O)[O-])cn3)CC2)c1. The summed E-state index contributed by atoms with van der Waals surface area (Å²) >= 11 is 0. The van der Waals surface area contributed by atoms with Crippen molar-refractivity contribution in [3.05, 3.63) is 52.2 Å². The summed E-state index contributed by atoms with van der Waals surface area (Å²) in [7, 11) is 3.32. The van der Waals surface area contributed by atoms with E-state index in [2.05, 4.69) is 14.8 Å². The lowest BCUT2D eigenvalue weighted by atomic mass is 10.1. The number of benzene rings is 1. The van der Waals surface area contributed by atoms with Gasteiger partial charge in [-0.2, -0.15) is 0 Å². The fraction of sp³-hybridized carbons (Fsp3) is 0.389. The normalized spacial score (nSPS) is 14.9. The number of hydrogen-bond donors (Lipinski definition) is 0. The smallest absolute Gasteiger partial charge is 0.287 e. The summed E-state index contributed by atoms with van der Waals surface area (Å²) in [5.41, 5.74) is 1.10. The maximum Gasteiger partial charge on any atom is 0.287 e. The number of hydrogen-bond acceptors (Lipinski definition) is 7. The quantitative estimate of drug-likeness (QED) is 0.579. The molecule has 0 aliphatic carbocycles. The van der Waals surface area contributed by atoms with Gasteiger partial charge in [0, 0.05) is 44.4 Å². The van der Waals surface area contributed by atoms with Crippen LogP contribution in [0.4, 0.5) is 11.5 Å². The van der Waals surface area contributed by atoms with Gasteiger partial charge in [-0.25, -0.2) is 4.98 Å². The predicted molar refractivity (Wildman–Crippen MR) is 97.9 cm³/mol. The van der Waals surface area contributed by atoms with Crippen molar-refractivity contribution in [3.8, 4) is 11.5 Å². The predicted octanol–water partition coefficient (Wildman–Crippen LogP) is 2.33. The van der Waals surface area contributed by atoms with Gasteiger partial charge in [-0.1, -0.05) is 0 Å². The fourth-order valence-corrected chi connectivity index (χ4v) is 3.05. The topological polar surface area (TPSA) is 81.0 Å². The van der Waals surface area contributed by atoms with Crippen molar-refractivity contribution in [3.63, 3.8) is 0 Å². The van der Waals surface area contributed by atoms with Gasteiger partial charge in [0.1, 0.15) is 23.5 Å². The van der Waals surface area contributed by atoms with Gasteiger partial charge < -0.3 is 14.4 Å². The number of rotatable bonds is 6. The van der Waals surface area contributed by atoms with Crippen LogP contribution in [0.15, 0.2) is 36.5 Å². The third-order valence-electron chi connectivity index (χ3n) is 4.52. The summed E-state index contributed by atoms with van der Waals surface area (Å²) in [4.78, 5) is 19.0. The van der Waals surface area contributed by atoms with E-state index in [9.17, 15) is 10.1 Å². The van der Waals surface area contributed by atoms with Gasteiger partial charge in [0.2, 0.25) is 0 Å². The molecule has 2 heterocycles. The summed E-state index contributed by atoms with van der Waals surface area (Å²) in [6, 6.07) is 9.02. The van der Waals surface area contributed by atoms with E-state index >= 15 is 0 Å². The molecule has 1 aromatic heterocycles. The molecule has 1 aromatic carbocycles. The Labute approximate surface area is 152 Å². The second-order valence-electron chi connectivity index (χ2n) is 6.07. The highest BCUT2D eigenvalue weighted by molar-refractivity contribution is 5.44. The molecule has 1 aliphatic heterocycles. The summed E-state index contributed by atoms with van der Waals surface area (Å²) in [5, 5.41) is 10.7. The van der Waals surface area contributed by atoms with Gasteiger partial charge in [0.25, 0.3) is 5.69 Å². The molecule has 0 bridgehead atoms. The van der Waals surface area contributed by atoms with Crippen molar-refractivity contribution in [2.24, 2.45) is 0 Å². The van der Waals surface area contributed by atoms with Crippen molar-refractivity contribution >= 4 is 11.5 Å². The Morgan fingerprint density at radius 3 is 2.46 bits per heavy atom. The summed E-state index contributed by atoms with van der Waals surface area (Å²) in [5.74, 6) is 2.44. The van der Waals surface area contributed by atoms with Crippen LogP contribution in [0.2, 0.25) is 0 Å². The number of piperazine rings is 1. The van der Waals surface area contributed by atoms with Crippen molar-refractivity contribution in [2.45, 2.75) is 6.54 Å². The molecular weight excluding hydrogens is 336 g/mol. The minimum absolute atomic E-state index is 0.0116. The lowest BCUT2D eigenvalue weighted by Gasteiger charge is -2.35. The number of anilines is 1. The molecule has 0 atom stereocenters. The molecule has 8 heteroatoms. The molecular formula is C18H22N4O4. The molecule has 0 amide bonds. The minimum atomic E-state index is -0.434. The molecule has 2 aromatic rings. The standard InChI is InChI=1S/C18H22N4O4/c1-25-16-4-5-17(26-2)14(11-16)13-20-7-9-21(10-8-20)18-6-3-15(12-19-18)22(23)24/h3-6,11-12H,7-10,13H2,1-2H3. The second kappa shape index (κ2) is 8.01. The lowest BCUT2D eigenvalue weighted by molar-refractivity contribution is -0.385. The van der Waals surface area contributed by atoms with Crippen molar-refractivity contribution in [1.29, 1.82) is 0 Å². The van der Waals surface area contributed by atoms with Crippen LogP contribution in [-0.2, 0) is 6.54 Å². The first-order chi connectivity index (χ1) is 12.6. The molecule has 0 radical (unpaired) electrons. The molecule has 1 fully saturated rings. The molecule has 3 rings (SSSR count). The maximum absolute atomic E-state index is 10.7. The van der Waals surface area contributed by atoms with Crippen molar-refractivity contribution in [1.82, 2.24) is 9.88 Å². The molecule has 26 heavy (non-hydrogen) atoms. The van der Waals surface area contributed by atoms with Gasteiger partial charge in [-0.3, -0.25) is 15.0 Å². The first-order valence-electron chi connectivity index (χ1n) is 8.39. The number of nitrogens with zero attached hydrogens (tertiary/aromatic N) is 4. The third-order valence-corrected chi connectivity index (χ3v) is 4.52. The van der Waals surface area contributed by atoms with E-state index < -0.39 is 4.92 Å². The highest BCUT2D eigenvalue weighted by atomic mass is 16.6. The Hall–Kier alpha value is -2.87. The van der Waals surface area contributed by atoms with Crippen LogP contribution in [0.3, 0.4) is 0 Å². The van der Waals surface area contributed by atoms with Gasteiger partial charge >= 0.3 is 0 Å². The van der Waals surface area contributed by atoms with E-state index in [1.807, 2.05) is 18.2 Å². The summed E-state index contributed by atoms with van der Waals surface area (Å²) in [6.45, 7) is 4.16. The Morgan fingerprint density at radius 1 is 1.12 bits per heavy atom. The summed E-state index contributed by atoms with van der Waals surface area (Å²) in [6.07, 6.45) is 1.31. The van der Waals surface area contributed by atoms with Crippen LogP contribution in [-0.4, -0.2) is 55.2 Å².